The molecule has 30 heavy (non-hydrogen) atoms. The van der Waals surface area contributed by atoms with E-state index in [1.807, 2.05) is 0 Å². The number of sulfonamides is 1. The predicted octanol–water partition coefficient (Wildman–Crippen LogP) is 2.78. The van der Waals surface area contributed by atoms with E-state index in [9.17, 15) is 13.2 Å². The average Bonchev–Trinajstić information content (AvgIpc) is 2.78. The quantitative estimate of drug-likeness (QED) is 0.596. The highest BCUT2D eigenvalue weighted by atomic mass is 32.2. The van der Waals surface area contributed by atoms with Crippen LogP contribution >= 0.6 is 0 Å². The molecule has 3 rings (SSSR count). The molecule has 1 saturated heterocycles. The zero-order valence-corrected chi connectivity index (χ0v) is 18.1. The summed E-state index contributed by atoms with van der Waals surface area (Å²) in [6.07, 6.45) is 1.88. The van der Waals surface area contributed by atoms with Crippen molar-refractivity contribution in [1.82, 2.24) is 4.72 Å². The van der Waals surface area contributed by atoms with E-state index in [0.29, 0.717) is 25.1 Å². The van der Waals surface area contributed by atoms with Crippen LogP contribution in [0.5, 0.6) is 0 Å². The van der Waals surface area contributed by atoms with Crippen LogP contribution in [0.2, 0.25) is 0 Å². The molecule has 8 heteroatoms. The molecule has 1 fully saturated rings. The number of carbonyl (C=O) groups excluding carboxylic acids is 1. The number of hydrogen-bond donors (Lipinski definition) is 2. The fourth-order valence-electron chi connectivity index (χ4n) is 3.24. The molecule has 0 bridgehead atoms. The van der Waals surface area contributed by atoms with Crippen LogP contribution in [0.1, 0.15) is 25.3 Å². The lowest BCUT2D eigenvalue weighted by Gasteiger charge is -2.28. The van der Waals surface area contributed by atoms with Gasteiger partial charge in [-0.05, 0) is 54.8 Å². The first-order valence-electron chi connectivity index (χ1n) is 10.3. The van der Waals surface area contributed by atoms with Gasteiger partial charge in [0.1, 0.15) is 0 Å². The van der Waals surface area contributed by atoms with E-state index in [1.165, 1.54) is 23.4 Å². The zero-order valence-electron chi connectivity index (χ0n) is 17.3. The number of benzene rings is 2. The molecule has 2 aromatic carbocycles. The second-order valence-electron chi connectivity index (χ2n) is 7.19. The van der Waals surface area contributed by atoms with Gasteiger partial charge in [-0.25, -0.2) is 13.1 Å². The monoisotopic (exact) mass is 431 g/mol. The highest BCUT2D eigenvalue weighted by molar-refractivity contribution is 7.89. The fraction of sp³-hybridized carbons (Fsp3) is 0.409. The van der Waals surface area contributed by atoms with Gasteiger partial charge in [-0.2, -0.15) is 0 Å². The number of ether oxygens (including phenoxy) is 1. The summed E-state index contributed by atoms with van der Waals surface area (Å²) in [4.78, 5) is 13.9. The smallest absolute Gasteiger partial charge is 0.240 e. The third kappa shape index (κ3) is 6.29. The molecule has 1 aliphatic rings. The van der Waals surface area contributed by atoms with Crippen LogP contribution < -0.4 is 14.9 Å². The molecule has 1 heterocycles. The maximum absolute atomic E-state index is 12.4. The molecular formula is C22H29N3O4S. The van der Waals surface area contributed by atoms with E-state index in [4.69, 9.17) is 4.74 Å². The lowest BCUT2D eigenvalue weighted by molar-refractivity contribution is -0.115. The molecule has 1 amide bonds. The van der Waals surface area contributed by atoms with E-state index in [-0.39, 0.29) is 10.8 Å². The largest absolute Gasteiger partial charge is 0.378 e. The summed E-state index contributed by atoms with van der Waals surface area (Å²) in [5, 5.41) is 2.70. The van der Waals surface area contributed by atoms with Gasteiger partial charge in [0.15, 0.2) is 0 Å². The van der Waals surface area contributed by atoms with E-state index in [0.717, 1.165) is 32.7 Å². The molecule has 2 aromatic rings. The minimum atomic E-state index is -3.57. The van der Waals surface area contributed by atoms with Crippen molar-refractivity contribution in [1.29, 1.82) is 0 Å². The molecule has 0 atom stereocenters. The van der Waals surface area contributed by atoms with Gasteiger partial charge >= 0.3 is 0 Å². The third-order valence-electron chi connectivity index (χ3n) is 5.02. The Hall–Kier alpha value is -2.42. The Morgan fingerprint density at radius 3 is 2.33 bits per heavy atom. The number of nitrogens with zero attached hydrogens (tertiary/aromatic N) is 1. The van der Waals surface area contributed by atoms with Gasteiger partial charge in [-0.3, -0.25) is 4.79 Å². The first kappa shape index (κ1) is 22.3. The van der Waals surface area contributed by atoms with E-state index >= 15 is 0 Å². The number of carbonyl (C=O) groups is 1. The number of amides is 1. The van der Waals surface area contributed by atoms with Gasteiger partial charge in [-0.15, -0.1) is 0 Å². The van der Waals surface area contributed by atoms with Crippen molar-refractivity contribution in [2.45, 2.75) is 31.1 Å². The minimum Gasteiger partial charge on any atom is -0.378 e. The maximum Gasteiger partial charge on any atom is 0.240 e. The minimum absolute atomic E-state index is 0.110. The Bertz CT molecular complexity index is 922. The summed E-state index contributed by atoms with van der Waals surface area (Å²) >= 11 is 0. The molecular weight excluding hydrogens is 402 g/mol. The van der Waals surface area contributed by atoms with Crippen LogP contribution in [0.15, 0.2) is 53.4 Å². The first-order valence-corrected chi connectivity index (χ1v) is 11.8. The standard InChI is InChI=1S/C22H29N3O4S/c1-2-22(26)24-19-7-11-21(12-8-19)30(27,28)23-13-3-4-18-5-9-20(10-6-18)25-14-16-29-17-15-25/h5-12,23H,2-4,13-17H2,1H3,(H,24,26). The maximum atomic E-state index is 12.4. The Balaban J connectivity index is 1.45. The van der Waals surface area contributed by atoms with Crippen molar-refractivity contribution in [3.8, 4) is 0 Å². The number of anilines is 2. The molecule has 0 aromatic heterocycles. The van der Waals surface area contributed by atoms with Crippen molar-refractivity contribution in [2.24, 2.45) is 0 Å². The summed E-state index contributed by atoms with van der Waals surface area (Å²) in [7, 11) is -3.57. The number of morpholine rings is 1. The number of aryl methyl sites for hydroxylation is 1. The molecule has 2 N–H and O–H groups in total. The average molecular weight is 432 g/mol. The zero-order chi connectivity index (χ0) is 21.4. The topological polar surface area (TPSA) is 87.7 Å². The first-order chi connectivity index (χ1) is 14.5. The number of rotatable bonds is 9. The Morgan fingerprint density at radius 2 is 1.70 bits per heavy atom. The van der Waals surface area contributed by atoms with Crippen LogP contribution in [-0.4, -0.2) is 47.2 Å². The SMILES string of the molecule is CCC(=O)Nc1ccc(S(=O)(=O)NCCCc2ccc(N3CCOCC3)cc2)cc1. The Morgan fingerprint density at radius 1 is 1.03 bits per heavy atom. The molecule has 0 unspecified atom stereocenters. The number of hydrogen-bond acceptors (Lipinski definition) is 5. The van der Waals surface area contributed by atoms with Gasteiger partial charge in [0.2, 0.25) is 15.9 Å². The lowest BCUT2D eigenvalue weighted by Crippen LogP contribution is -2.36. The molecule has 0 radical (unpaired) electrons. The molecule has 0 saturated carbocycles. The second kappa shape index (κ2) is 10.6. The molecule has 7 nitrogen and oxygen atoms in total. The third-order valence-corrected chi connectivity index (χ3v) is 6.49. The van der Waals surface area contributed by atoms with Crippen LogP contribution in [0.3, 0.4) is 0 Å². The van der Waals surface area contributed by atoms with Crippen LogP contribution in [0, 0.1) is 0 Å². The lowest BCUT2D eigenvalue weighted by atomic mass is 10.1. The van der Waals surface area contributed by atoms with Crippen molar-refractivity contribution in [3.63, 3.8) is 0 Å². The fourth-order valence-corrected chi connectivity index (χ4v) is 4.32. The van der Waals surface area contributed by atoms with Crippen molar-refractivity contribution >= 4 is 27.3 Å². The summed E-state index contributed by atoms with van der Waals surface area (Å²) < 4.78 is 32.9. The van der Waals surface area contributed by atoms with Gasteiger partial charge in [0.05, 0.1) is 18.1 Å². The van der Waals surface area contributed by atoms with E-state index in [1.54, 1.807) is 19.1 Å². The summed E-state index contributed by atoms with van der Waals surface area (Å²) in [6, 6.07) is 14.6. The van der Waals surface area contributed by atoms with Crippen molar-refractivity contribution in [2.75, 3.05) is 43.1 Å². The highest BCUT2D eigenvalue weighted by Crippen LogP contribution is 2.18. The van der Waals surface area contributed by atoms with Crippen molar-refractivity contribution < 1.29 is 17.9 Å². The van der Waals surface area contributed by atoms with E-state index < -0.39 is 10.0 Å². The molecule has 162 valence electrons. The summed E-state index contributed by atoms with van der Waals surface area (Å²) in [5.41, 5.74) is 2.96. The van der Waals surface area contributed by atoms with Gasteiger partial charge in [0.25, 0.3) is 0 Å². The Kier molecular flexibility index (Phi) is 7.84. The molecule has 0 spiro atoms. The normalized spacial score (nSPS) is 14.5. The molecule has 1 aliphatic heterocycles. The van der Waals surface area contributed by atoms with Gasteiger partial charge in [-0.1, -0.05) is 19.1 Å². The summed E-state index contributed by atoms with van der Waals surface area (Å²) in [5.74, 6) is -0.110. The summed E-state index contributed by atoms with van der Waals surface area (Å²) in [6.45, 7) is 5.47. The molecule has 0 aliphatic carbocycles. The van der Waals surface area contributed by atoms with Gasteiger partial charge in [0, 0.05) is 37.4 Å². The highest BCUT2D eigenvalue weighted by Gasteiger charge is 2.14. The Labute approximate surface area is 178 Å². The van der Waals surface area contributed by atoms with Crippen LogP contribution in [-0.2, 0) is 26.0 Å². The van der Waals surface area contributed by atoms with Crippen LogP contribution in [0.4, 0.5) is 11.4 Å². The second-order valence-corrected chi connectivity index (χ2v) is 8.96. The number of nitrogens with one attached hydrogen (secondary N) is 2. The van der Waals surface area contributed by atoms with Gasteiger partial charge < -0.3 is 15.0 Å². The van der Waals surface area contributed by atoms with E-state index in [2.05, 4.69) is 39.2 Å². The van der Waals surface area contributed by atoms with Crippen molar-refractivity contribution in [3.05, 3.63) is 54.1 Å². The van der Waals surface area contributed by atoms with Crippen LogP contribution in [0.25, 0.3) is 0 Å². The predicted molar refractivity (Wildman–Crippen MR) is 118 cm³/mol.